The second-order valence-electron chi connectivity index (χ2n) is 14.5. The van der Waals surface area contributed by atoms with Gasteiger partial charge in [-0.05, 0) is 79.9 Å². The third-order valence-corrected chi connectivity index (χ3v) is 11.7. The average Bonchev–Trinajstić information content (AvgIpc) is 3.54. The van der Waals surface area contributed by atoms with Crippen LogP contribution >= 0.6 is 0 Å². The summed E-state index contributed by atoms with van der Waals surface area (Å²) in [6, 6.07) is 61.1. The lowest BCUT2D eigenvalue weighted by Gasteiger charge is -2.42. The summed E-state index contributed by atoms with van der Waals surface area (Å²) in [5.41, 5.74) is 15.1. The van der Waals surface area contributed by atoms with Gasteiger partial charge in [0.1, 0.15) is 17.7 Å². The molecule has 1 N–H and O–H groups in total. The smallest absolute Gasteiger partial charge is 0.145 e. The molecular formula is C51H36N2O. The van der Waals surface area contributed by atoms with E-state index in [0.29, 0.717) is 0 Å². The lowest BCUT2D eigenvalue weighted by molar-refractivity contribution is 0.363. The molecular weight excluding hydrogens is 657 g/mol. The Morgan fingerprint density at radius 1 is 0.519 bits per heavy atom. The number of nitrogens with zero attached hydrogens (tertiary/aromatic N) is 1. The van der Waals surface area contributed by atoms with Gasteiger partial charge in [0.2, 0.25) is 0 Å². The molecule has 0 fully saturated rings. The van der Waals surface area contributed by atoms with Crippen LogP contribution in [0.2, 0.25) is 0 Å². The van der Waals surface area contributed by atoms with Crippen molar-refractivity contribution in [3.8, 4) is 28.0 Å². The first-order chi connectivity index (χ1) is 26.8. The fraction of sp³-hybridized carbons (Fsp3) is 0.0784. The van der Waals surface area contributed by atoms with Gasteiger partial charge in [-0.25, -0.2) is 0 Å². The van der Waals surface area contributed by atoms with Gasteiger partial charge in [-0.3, -0.25) is 4.99 Å². The van der Waals surface area contributed by atoms with Crippen LogP contribution in [0, 0.1) is 0 Å². The minimum absolute atomic E-state index is 0.240. The molecule has 7 aromatic carbocycles. The summed E-state index contributed by atoms with van der Waals surface area (Å²) in [7, 11) is 0. The predicted octanol–water partition coefficient (Wildman–Crippen LogP) is 12.0. The Bertz CT molecular complexity index is 2730. The monoisotopic (exact) mass is 692 g/mol. The first-order valence-electron chi connectivity index (χ1n) is 18.9. The van der Waals surface area contributed by atoms with Crippen molar-refractivity contribution < 1.29 is 4.74 Å². The fourth-order valence-corrected chi connectivity index (χ4v) is 9.36. The van der Waals surface area contributed by atoms with E-state index in [1.165, 1.54) is 66.4 Å². The maximum Gasteiger partial charge on any atom is 0.145 e. The van der Waals surface area contributed by atoms with Gasteiger partial charge >= 0.3 is 0 Å². The molecule has 7 aromatic rings. The van der Waals surface area contributed by atoms with E-state index in [0.717, 1.165) is 41.3 Å². The van der Waals surface area contributed by atoms with Crippen molar-refractivity contribution in [1.29, 1.82) is 0 Å². The van der Waals surface area contributed by atoms with Crippen LogP contribution in [0.25, 0.3) is 38.7 Å². The SMILES string of the molecule is C1=C(C2=NC(c3ccccc3)NC(c3ccc(-c4ccccc4)c4ccccc34)=C2)CCC2=C1C1(c3ccccc3O2)c2ccccc2-c2ccccc21. The number of fused-ring (bicyclic) bond motifs is 9. The molecule has 0 radical (unpaired) electrons. The van der Waals surface area contributed by atoms with Crippen molar-refractivity contribution in [3.63, 3.8) is 0 Å². The molecule has 256 valence electrons. The molecule has 1 atom stereocenters. The highest BCUT2D eigenvalue weighted by atomic mass is 16.5. The van der Waals surface area contributed by atoms with Crippen LogP contribution in [-0.2, 0) is 5.41 Å². The molecule has 54 heavy (non-hydrogen) atoms. The Hall–Kier alpha value is -6.71. The van der Waals surface area contributed by atoms with Gasteiger partial charge in [0.25, 0.3) is 0 Å². The minimum atomic E-state index is -0.495. The summed E-state index contributed by atoms with van der Waals surface area (Å²) < 4.78 is 6.83. The van der Waals surface area contributed by atoms with Crippen LogP contribution in [0.5, 0.6) is 5.75 Å². The van der Waals surface area contributed by atoms with Crippen LogP contribution < -0.4 is 10.1 Å². The third kappa shape index (κ3) is 4.58. The Labute approximate surface area is 315 Å². The number of hydrogen-bond acceptors (Lipinski definition) is 3. The zero-order valence-electron chi connectivity index (χ0n) is 29.7. The molecule has 2 aliphatic carbocycles. The highest BCUT2D eigenvalue weighted by Crippen LogP contribution is 2.61. The summed E-state index contributed by atoms with van der Waals surface area (Å²) in [4.78, 5) is 5.48. The molecule has 11 rings (SSSR count). The molecule has 0 bridgehead atoms. The van der Waals surface area contributed by atoms with Crippen LogP contribution in [0.15, 0.2) is 204 Å². The molecule has 0 saturated heterocycles. The van der Waals surface area contributed by atoms with E-state index < -0.39 is 5.41 Å². The number of benzene rings is 7. The molecule has 3 nitrogen and oxygen atoms in total. The number of nitrogens with one attached hydrogen (secondary N) is 1. The number of para-hydroxylation sites is 1. The van der Waals surface area contributed by atoms with Gasteiger partial charge in [0, 0.05) is 28.8 Å². The molecule has 0 saturated carbocycles. The Balaban J connectivity index is 1.11. The van der Waals surface area contributed by atoms with E-state index in [1.54, 1.807) is 0 Å². The highest BCUT2D eigenvalue weighted by molar-refractivity contribution is 6.15. The van der Waals surface area contributed by atoms with Crippen molar-refractivity contribution in [2.45, 2.75) is 24.4 Å². The van der Waals surface area contributed by atoms with Crippen molar-refractivity contribution in [2.75, 3.05) is 0 Å². The van der Waals surface area contributed by atoms with Gasteiger partial charge in [-0.15, -0.1) is 0 Å². The van der Waals surface area contributed by atoms with Crippen molar-refractivity contribution in [2.24, 2.45) is 4.99 Å². The summed E-state index contributed by atoms with van der Waals surface area (Å²) in [5, 5.41) is 6.30. The topological polar surface area (TPSA) is 33.6 Å². The molecule has 1 spiro atoms. The van der Waals surface area contributed by atoms with Crippen LogP contribution in [0.3, 0.4) is 0 Å². The van der Waals surface area contributed by atoms with Gasteiger partial charge < -0.3 is 10.1 Å². The highest BCUT2D eigenvalue weighted by Gasteiger charge is 2.52. The van der Waals surface area contributed by atoms with Crippen LogP contribution in [0.1, 0.15) is 46.8 Å². The van der Waals surface area contributed by atoms with Gasteiger partial charge in [0.15, 0.2) is 0 Å². The lowest BCUT2D eigenvalue weighted by atomic mass is 9.64. The second-order valence-corrected chi connectivity index (χ2v) is 14.5. The molecule has 1 unspecified atom stereocenters. The maximum absolute atomic E-state index is 6.83. The van der Waals surface area contributed by atoms with E-state index in [2.05, 4.69) is 187 Å². The zero-order valence-corrected chi connectivity index (χ0v) is 29.7. The standard InChI is InChI=1S/C51H36N2O/c1-3-15-33(16-4-1)36-28-29-41(38-20-8-7-19-37(36)38)47-32-46(52-50(53-47)34-17-5-2-6-18-34)35-27-30-49-45(31-35)51(44-25-13-14-26-48(44)54-49)42-23-11-9-21-39(42)40-22-10-12-24-43(40)51/h1-26,28-29,31-32,50,53H,27,30H2. The quantitative estimate of drug-likeness (QED) is 0.199. The summed E-state index contributed by atoms with van der Waals surface area (Å²) in [6.07, 6.45) is 6.09. The van der Waals surface area contributed by atoms with Gasteiger partial charge in [-0.2, -0.15) is 0 Å². The molecule has 4 aliphatic rings. The summed E-state index contributed by atoms with van der Waals surface area (Å²) in [6.45, 7) is 0. The molecule has 2 heterocycles. The van der Waals surface area contributed by atoms with Crippen LogP contribution in [-0.4, -0.2) is 5.71 Å². The first kappa shape index (κ1) is 30.9. The third-order valence-electron chi connectivity index (χ3n) is 11.7. The summed E-state index contributed by atoms with van der Waals surface area (Å²) >= 11 is 0. The van der Waals surface area contributed by atoms with E-state index in [-0.39, 0.29) is 6.17 Å². The average molecular weight is 693 g/mol. The van der Waals surface area contributed by atoms with Crippen molar-refractivity contribution in [3.05, 3.63) is 227 Å². The van der Waals surface area contributed by atoms with Crippen molar-refractivity contribution >= 4 is 22.2 Å². The maximum atomic E-state index is 6.83. The molecule has 0 aromatic heterocycles. The molecule has 0 amide bonds. The summed E-state index contributed by atoms with van der Waals surface area (Å²) in [5.74, 6) is 1.99. The normalized spacial score (nSPS) is 17.6. The molecule has 2 aliphatic heterocycles. The van der Waals surface area contributed by atoms with E-state index in [9.17, 15) is 0 Å². The van der Waals surface area contributed by atoms with Crippen LogP contribution in [0.4, 0.5) is 0 Å². The first-order valence-corrected chi connectivity index (χ1v) is 18.9. The van der Waals surface area contributed by atoms with Gasteiger partial charge in [-0.1, -0.05) is 164 Å². The number of ether oxygens (including phenoxy) is 1. The lowest BCUT2D eigenvalue weighted by Crippen LogP contribution is -2.36. The van der Waals surface area contributed by atoms with E-state index >= 15 is 0 Å². The largest absolute Gasteiger partial charge is 0.461 e. The fourth-order valence-electron chi connectivity index (χ4n) is 9.36. The van der Waals surface area contributed by atoms with Gasteiger partial charge in [0.05, 0.1) is 11.1 Å². The number of allylic oxidation sites excluding steroid dienone is 5. The Morgan fingerprint density at radius 2 is 1.11 bits per heavy atom. The minimum Gasteiger partial charge on any atom is -0.461 e. The van der Waals surface area contributed by atoms with E-state index in [4.69, 9.17) is 9.73 Å². The predicted molar refractivity (Wildman–Crippen MR) is 220 cm³/mol. The Morgan fingerprint density at radius 3 is 1.85 bits per heavy atom. The Kier molecular flexibility index (Phi) is 6.96. The number of aliphatic imine (C=N–C) groups is 1. The second kappa shape index (κ2) is 12.2. The van der Waals surface area contributed by atoms with E-state index in [1.807, 2.05) is 0 Å². The number of rotatable bonds is 4. The number of hydrogen-bond donors (Lipinski definition) is 1. The molecule has 3 heteroatoms. The van der Waals surface area contributed by atoms with Crippen molar-refractivity contribution in [1.82, 2.24) is 5.32 Å². The zero-order chi connectivity index (χ0) is 35.6.